The van der Waals surface area contributed by atoms with Crippen LogP contribution in [0, 0.1) is 24.2 Å². The Morgan fingerprint density at radius 1 is 0.982 bits per heavy atom. The first-order chi connectivity index (χ1) is 26.6. The Labute approximate surface area is 340 Å². The first-order valence-electron chi connectivity index (χ1n) is 20.7. The van der Waals surface area contributed by atoms with Crippen molar-refractivity contribution in [2.24, 2.45) is 17.3 Å². The fourth-order valence-electron chi connectivity index (χ4n) is 9.58. The number of carbonyl (C=O) groups is 2. The summed E-state index contributed by atoms with van der Waals surface area (Å²) in [7, 11) is 5.19. The van der Waals surface area contributed by atoms with Crippen molar-refractivity contribution in [3.05, 3.63) is 81.1 Å². The summed E-state index contributed by atoms with van der Waals surface area (Å²) in [4.78, 5) is 38.2. The van der Waals surface area contributed by atoms with E-state index in [0.717, 1.165) is 35.5 Å². The van der Waals surface area contributed by atoms with Gasteiger partial charge in [-0.25, -0.2) is 0 Å². The molecule has 3 aromatic rings. The van der Waals surface area contributed by atoms with Crippen molar-refractivity contribution in [3.63, 3.8) is 0 Å². The summed E-state index contributed by atoms with van der Waals surface area (Å²) in [6.07, 6.45) is 3.42. The number of carbonyl (C=O) groups excluding carboxylic acids is 2. The monoisotopic (exact) mass is 796 g/mol. The number of Topliss-reactive ketones (excluding diaryl/α,β-unsaturated/α-hetero) is 2. The fraction of sp³-hybridized carbons (Fsp3) is 0.587. The lowest BCUT2D eigenvalue weighted by Crippen LogP contribution is -2.68. The van der Waals surface area contributed by atoms with Crippen molar-refractivity contribution >= 4 is 31.3 Å². The van der Waals surface area contributed by atoms with Gasteiger partial charge in [-0.2, -0.15) is 0 Å². The van der Waals surface area contributed by atoms with Gasteiger partial charge < -0.3 is 23.7 Å². The second-order valence-corrected chi connectivity index (χ2v) is 25.0. The summed E-state index contributed by atoms with van der Waals surface area (Å²) in [5, 5.41) is 16.6. The zero-order valence-electron chi connectivity index (χ0n) is 36.5. The molecule has 1 heterocycles. The second kappa shape index (κ2) is 14.5. The molecule has 57 heavy (non-hydrogen) atoms. The number of rotatable bonds is 11. The fourth-order valence-corrected chi connectivity index (χ4v) is 11.0. The number of ether oxygens (including phenoxy) is 1. The molecular formula is C46H64N4O6Si. The smallest absolute Gasteiger partial charge is 0.265 e. The first-order valence-corrected chi connectivity index (χ1v) is 23.6. The zero-order valence-corrected chi connectivity index (χ0v) is 37.5. The number of hydrogen-bond donors (Lipinski definition) is 1. The van der Waals surface area contributed by atoms with Crippen LogP contribution in [-0.2, 0) is 28.8 Å². The van der Waals surface area contributed by atoms with Crippen molar-refractivity contribution in [2.45, 2.75) is 123 Å². The Hall–Kier alpha value is -3.77. The minimum atomic E-state index is -2.84. The first kappa shape index (κ1) is 41.4. The van der Waals surface area contributed by atoms with Gasteiger partial charge in [0.15, 0.2) is 19.7 Å². The maximum Gasteiger partial charge on any atom is 0.265 e. The largest absolute Gasteiger partial charge is 0.507 e. The van der Waals surface area contributed by atoms with Crippen LogP contribution in [0.15, 0.2) is 46.5 Å². The molecule has 0 saturated heterocycles. The Bertz CT molecular complexity index is 2090. The molecule has 2 aromatic carbocycles. The number of benzene rings is 2. The highest BCUT2D eigenvalue weighted by molar-refractivity contribution is 6.74. The molecule has 2 saturated carbocycles. The average Bonchev–Trinajstić information content (AvgIpc) is 3.87. The molecule has 4 atom stereocenters. The molecule has 0 aliphatic heterocycles. The number of nitrogens with zero attached hydrogens (tertiary/aromatic N) is 4. The Morgan fingerprint density at radius 2 is 1.65 bits per heavy atom. The number of fused-ring (bicyclic) bond motifs is 4. The lowest BCUT2D eigenvalue weighted by molar-refractivity contribution is -0.140. The van der Waals surface area contributed by atoms with Crippen molar-refractivity contribution in [3.8, 4) is 5.88 Å². The predicted octanol–water partition coefficient (Wildman–Crippen LogP) is 8.93. The van der Waals surface area contributed by atoms with Gasteiger partial charge in [-0.15, -0.1) is 0 Å². The maximum absolute atomic E-state index is 15.8. The van der Waals surface area contributed by atoms with Gasteiger partial charge in [-0.1, -0.05) is 77.9 Å². The molecule has 308 valence electrons. The van der Waals surface area contributed by atoms with E-state index in [4.69, 9.17) is 13.7 Å². The van der Waals surface area contributed by atoms with Gasteiger partial charge in [0.25, 0.3) is 5.88 Å². The van der Waals surface area contributed by atoms with Crippen LogP contribution in [0.3, 0.4) is 0 Å². The summed E-state index contributed by atoms with van der Waals surface area (Å²) >= 11 is 0. The lowest BCUT2D eigenvalue weighted by Gasteiger charge is -2.55. The molecule has 4 aliphatic rings. The van der Waals surface area contributed by atoms with Crippen LogP contribution >= 0.6 is 0 Å². The van der Waals surface area contributed by atoms with Crippen LogP contribution in [0.2, 0.25) is 18.1 Å². The predicted molar refractivity (Wildman–Crippen MR) is 227 cm³/mol. The molecule has 0 spiro atoms. The number of aromatic nitrogens is 1. The van der Waals surface area contributed by atoms with Gasteiger partial charge in [0.1, 0.15) is 17.9 Å². The highest BCUT2D eigenvalue weighted by Crippen LogP contribution is 2.59. The van der Waals surface area contributed by atoms with Crippen LogP contribution in [0.5, 0.6) is 5.88 Å². The number of ketones is 2. The average molecular weight is 797 g/mol. The van der Waals surface area contributed by atoms with Crippen LogP contribution in [0.25, 0.3) is 5.76 Å². The van der Waals surface area contributed by atoms with E-state index in [1.165, 1.54) is 18.4 Å². The maximum atomic E-state index is 15.8. The molecule has 11 heteroatoms. The van der Waals surface area contributed by atoms with Crippen molar-refractivity contribution in [1.29, 1.82) is 0 Å². The van der Waals surface area contributed by atoms with E-state index >= 15 is 9.59 Å². The summed E-state index contributed by atoms with van der Waals surface area (Å²) in [6, 6.07) is 11.9. The Balaban J connectivity index is 1.39. The van der Waals surface area contributed by atoms with Gasteiger partial charge in [0, 0.05) is 56.0 Å². The Morgan fingerprint density at radius 3 is 2.23 bits per heavy atom. The van der Waals surface area contributed by atoms with E-state index in [0.29, 0.717) is 35.8 Å². The number of aryl methyl sites for hydroxylation is 1. The quantitative estimate of drug-likeness (QED) is 0.149. The normalized spacial score (nSPS) is 23.7. The van der Waals surface area contributed by atoms with E-state index < -0.39 is 37.4 Å². The molecule has 0 amide bonds. The summed E-state index contributed by atoms with van der Waals surface area (Å²) in [5.74, 6) is -1.50. The summed E-state index contributed by atoms with van der Waals surface area (Å²) < 4.78 is 19.6. The number of aliphatic hydroxyl groups is 1. The third-order valence-corrected chi connectivity index (χ3v) is 17.6. The van der Waals surface area contributed by atoms with E-state index in [1.807, 2.05) is 56.3 Å². The minimum absolute atomic E-state index is 0.0327. The highest BCUT2D eigenvalue weighted by Gasteiger charge is 2.69. The van der Waals surface area contributed by atoms with Crippen molar-refractivity contribution in [1.82, 2.24) is 15.0 Å². The second-order valence-electron chi connectivity index (χ2n) is 20.3. The molecule has 1 aromatic heterocycles. The van der Waals surface area contributed by atoms with E-state index in [2.05, 4.69) is 89.8 Å². The Kier molecular flexibility index (Phi) is 10.5. The highest BCUT2D eigenvalue weighted by atomic mass is 28.4. The van der Waals surface area contributed by atoms with Gasteiger partial charge in [-0.3, -0.25) is 19.4 Å². The number of aliphatic hydroxyl groups excluding tert-OH is 1. The van der Waals surface area contributed by atoms with E-state index in [1.54, 1.807) is 0 Å². The molecule has 4 aliphatic carbocycles. The summed E-state index contributed by atoms with van der Waals surface area (Å²) in [5.41, 5.74) is 4.59. The van der Waals surface area contributed by atoms with Gasteiger partial charge >= 0.3 is 0 Å². The molecule has 0 bridgehead atoms. The van der Waals surface area contributed by atoms with Crippen LogP contribution in [0.4, 0.5) is 5.69 Å². The topological polar surface area (TPSA) is 109 Å². The SMILES string of the molecule is Cc1cc(CN(CC(C)(C)C)C2CC2)c(N(C)C)c2c1C(O)=C1C(=O)[C@]3(O[Si](C)(C)C(C)(C)C)C(=O)c4c(OCc5ccccc5)noc4[C@@H](N(C)C)[C@@H]3C[C@@H]1C2. The lowest BCUT2D eigenvalue weighted by atomic mass is 9.57. The third-order valence-electron chi connectivity index (χ3n) is 13.1. The zero-order chi connectivity index (χ0) is 41.6. The summed E-state index contributed by atoms with van der Waals surface area (Å²) in [6.45, 7) is 21.4. The molecule has 1 N–H and O–H groups in total. The third kappa shape index (κ3) is 7.21. The minimum Gasteiger partial charge on any atom is -0.507 e. The van der Waals surface area contributed by atoms with Gasteiger partial charge in [-0.05, 0) is 104 Å². The molecule has 10 nitrogen and oxygen atoms in total. The van der Waals surface area contributed by atoms with Crippen LogP contribution in [-0.4, -0.2) is 86.3 Å². The van der Waals surface area contributed by atoms with Crippen molar-refractivity contribution < 1.29 is 28.4 Å². The van der Waals surface area contributed by atoms with E-state index in [9.17, 15) is 5.11 Å². The number of hydrogen-bond acceptors (Lipinski definition) is 10. The van der Waals surface area contributed by atoms with Crippen LogP contribution < -0.4 is 9.64 Å². The number of anilines is 1. The van der Waals surface area contributed by atoms with Crippen molar-refractivity contribution in [2.75, 3.05) is 39.6 Å². The van der Waals surface area contributed by atoms with Gasteiger partial charge in [0.2, 0.25) is 11.6 Å². The molecule has 0 radical (unpaired) electrons. The molecule has 0 unspecified atom stereocenters. The molecule has 2 fully saturated rings. The van der Waals surface area contributed by atoms with Gasteiger partial charge in [0.05, 0.1) is 6.04 Å². The standard InChI is InChI=1S/C46H64N4O6Si/c1-27-21-30(24-50(31-19-20-31)26-44(2,3)4)37(48(8)9)32-22-29-23-33-38(49(10)11)40-36(43(47-55-40)54-25-28-17-15-14-16-18-28)42(53)46(33,56-57(12,13)45(5,6)7)41(52)35(29)39(51)34(27)32/h14-18,21,29,31,33,38,51H,19-20,22-26H2,1-13H3/t29-,33-,38-,46-/m0/s1. The molecule has 7 rings (SSSR count). The van der Waals surface area contributed by atoms with E-state index in [-0.39, 0.29) is 40.2 Å². The molecular weight excluding hydrogens is 733 g/mol. The van der Waals surface area contributed by atoms with Crippen LogP contribution in [0.1, 0.15) is 111 Å².